The van der Waals surface area contributed by atoms with Gasteiger partial charge in [0, 0.05) is 38.8 Å². The summed E-state index contributed by atoms with van der Waals surface area (Å²) >= 11 is 9.52. The number of dihydropyridines is 1. The number of hydrogen-bond acceptors (Lipinski definition) is 4. The number of hydrogen-bond donors (Lipinski definition) is 1. The summed E-state index contributed by atoms with van der Waals surface area (Å²) in [4.78, 5) is 26.6. The van der Waals surface area contributed by atoms with Crippen molar-refractivity contribution in [2.45, 2.75) is 51.6 Å². The Morgan fingerprint density at radius 2 is 1.69 bits per heavy atom. The smallest absolute Gasteiger partial charge is 0.337 e. The Bertz CT molecular complexity index is 1120. The monoisotopic (exact) mass is 513 g/mol. The highest BCUT2D eigenvalue weighted by atomic mass is 79.9. The average Bonchev–Trinajstić information content (AvgIpc) is 2.73. The van der Waals surface area contributed by atoms with Crippen molar-refractivity contribution in [2.75, 3.05) is 0 Å². The summed E-state index contributed by atoms with van der Waals surface area (Å²) < 4.78 is 6.50. The fourth-order valence-electron chi connectivity index (χ4n) is 4.55. The quantitative estimate of drug-likeness (QED) is 0.479. The topological polar surface area (TPSA) is 55.4 Å². The highest BCUT2D eigenvalue weighted by Crippen LogP contribution is 2.46. The molecule has 0 bridgehead atoms. The summed E-state index contributed by atoms with van der Waals surface area (Å²) in [5.74, 6) is -0.733. The number of carbonyl (C=O) groups is 2. The molecule has 2 aromatic carbocycles. The summed E-state index contributed by atoms with van der Waals surface area (Å²) in [6.07, 6.45) is 0.834. The molecule has 0 aromatic heterocycles. The molecule has 4 rings (SSSR count). The van der Waals surface area contributed by atoms with Crippen LogP contribution in [0.5, 0.6) is 0 Å². The molecule has 166 valence electrons. The lowest BCUT2D eigenvalue weighted by Gasteiger charge is -2.37. The van der Waals surface area contributed by atoms with Crippen molar-refractivity contribution in [3.63, 3.8) is 0 Å². The van der Waals surface area contributed by atoms with E-state index in [1.54, 1.807) is 0 Å². The van der Waals surface area contributed by atoms with Crippen LogP contribution in [0, 0.1) is 0 Å². The lowest BCUT2D eigenvalue weighted by atomic mass is 9.72. The second kappa shape index (κ2) is 9.24. The number of allylic oxidation sites excluding steroid dienone is 3. The Morgan fingerprint density at radius 1 is 1.06 bits per heavy atom. The SMILES string of the molecule is CC1=C(C(=O)OC(C)C)[C@@H](c2ccc(Br)cc2)C2=C(C[C@H](c3ccc(Cl)cc3)CC2=O)N1. The molecule has 2 aromatic rings. The third kappa shape index (κ3) is 4.55. The minimum absolute atomic E-state index is 0.0500. The standard InChI is InChI=1S/C26H25BrClNO3/c1-14(2)32-26(31)23-15(3)29-21-12-18(16-6-10-20(28)11-7-16)13-22(30)25(21)24(23)17-4-8-19(27)9-5-17/h4-11,14,18,24,29H,12-13H2,1-3H3/t18-,24+/m0/s1. The molecule has 0 spiro atoms. The van der Waals surface area contributed by atoms with Gasteiger partial charge in [0.2, 0.25) is 0 Å². The van der Waals surface area contributed by atoms with Gasteiger partial charge in [-0.15, -0.1) is 0 Å². The molecule has 2 atom stereocenters. The number of ether oxygens (including phenoxy) is 1. The van der Waals surface area contributed by atoms with Crippen molar-refractivity contribution < 1.29 is 14.3 Å². The maximum atomic E-state index is 13.5. The summed E-state index contributed by atoms with van der Waals surface area (Å²) in [7, 11) is 0. The molecule has 2 aliphatic rings. The molecule has 1 N–H and O–H groups in total. The van der Waals surface area contributed by atoms with Crippen LogP contribution in [-0.2, 0) is 14.3 Å². The zero-order chi connectivity index (χ0) is 23.0. The predicted octanol–water partition coefficient (Wildman–Crippen LogP) is 6.42. The van der Waals surface area contributed by atoms with Gasteiger partial charge in [0.05, 0.1) is 11.7 Å². The molecular weight excluding hydrogens is 490 g/mol. The Kier molecular flexibility index (Phi) is 6.59. The first kappa shape index (κ1) is 22.8. The summed E-state index contributed by atoms with van der Waals surface area (Å²) in [6, 6.07) is 15.5. The maximum Gasteiger partial charge on any atom is 0.337 e. The van der Waals surface area contributed by atoms with E-state index in [2.05, 4.69) is 21.2 Å². The largest absolute Gasteiger partial charge is 0.460 e. The van der Waals surface area contributed by atoms with E-state index in [4.69, 9.17) is 16.3 Å². The molecule has 1 aliphatic carbocycles. The Hall–Kier alpha value is -2.37. The molecular formula is C26H25BrClNO3. The van der Waals surface area contributed by atoms with E-state index in [0.717, 1.165) is 27.0 Å². The lowest BCUT2D eigenvalue weighted by Crippen LogP contribution is -2.36. The van der Waals surface area contributed by atoms with E-state index in [9.17, 15) is 9.59 Å². The highest BCUT2D eigenvalue weighted by molar-refractivity contribution is 9.10. The van der Waals surface area contributed by atoms with Crippen LogP contribution in [0.15, 0.2) is 75.5 Å². The van der Waals surface area contributed by atoms with Crippen LogP contribution in [0.2, 0.25) is 5.02 Å². The molecule has 32 heavy (non-hydrogen) atoms. The second-order valence-electron chi connectivity index (χ2n) is 8.57. The Morgan fingerprint density at radius 3 is 2.31 bits per heavy atom. The maximum absolute atomic E-state index is 13.5. The molecule has 0 saturated heterocycles. The van der Waals surface area contributed by atoms with E-state index in [0.29, 0.717) is 29.0 Å². The van der Waals surface area contributed by atoms with Gasteiger partial charge < -0.3 is 10.1 Å². The van der Waals surface area contributed by atoms with E-state index < -0.39 is 11.9 Å². The molecule has 1 aliphatic heterocycles. The van der Waals surface area contributed by atoms with Crippen molar-refractivity contribution in [3.8, 4) is 0 Å². The van der Waals surface area contributed by atoms with Crippen LogP contribution < -0.4 is 5.32 Å². The fourth-order valence-corrected chi connectivity index (χ4v) is 4.94. The van der Waals surface area contributed by atoms with Crippen molar-refractivity contribution >= 4 is 39.3 Å². The van der Waals surface area contributed by atoms with Crippen LogP contribution in [0.3, 0.4) is 0 Å². The van der Waals surface area contributed by atoms with Crippen LogP contribution in [0.25, 0.3) is 0 Å². The van der Waals surface area contributed by atoms with Crippen LogP contribution in [0.4, 0.5) is 0 Å². The van der Waals surface area contributed by atoms with Gasteiger partial charge in [-0.25, -0.2) is 4.79 Å². The number of carbonyl (C=O) groups excluding carboxylic acids is 2. The van der Waals surface area contributed by atoms with Gasteiger partial charge in [-0.05, 0) is 68.5 Å². The molecule has 6 heteroatoms. The van der Waals surface area contributed by atoms with Gasteiger partial charge in [-0.2, -0.15) is 0 Å². The van der Waals surface area contributed by atoms with E-state index in [1.807, 2.05) is 69.3 Å². The molecule has 1 heterocycles. The minimum atomic E-state index is -0.454. The normalized spacial score (nSPS) is 20.9. The van der Waals surface area contributed by atoms with Gasteiger partial charge in [-0.3, -0.25) is 4.79 Å². The summed E-state index contributed by atoms with van der Waals surface area (Å²) in [5.41, 5.74) is 4.76. The first-order chi connectivity index (χ1) is 15.2. The Labute approximate surface area is 201 Å². The van der Waals surface area contributed by atoms with Gasteiger partial charge in [-0.1, -0.05) is 51.8 Å². The van der Waals surface area contributed by atoms with Crippen LogP contribution >= 0.6 is 27.5 Å². The third-order valence-electron chi connectivity index (χ3n) is 5.93. The number of halogens is 2. The van der Waals surface area contributed by atoms with E-state index >= 15 is 0 Å². The molecule has 0 radical (unpaired) electrons. The summed E-state index contributed by atoms with van der Waals surface area (Å²) in [6.45, 7) is 5.53. The number of Topliss-reactive ketones (excluding diaryl/α,β-unsaturated/α-hetero) is 1. The van der Waals surface area contributed by atoms with Crippen molar-refractivity contribution in [1.82, 2.24) is 5.32 Å². The zero-order valence-electron chi connectivity index (χ0n) is 18.2. The fraction of sp³-hybridized carbons (Fsp3) is 0.308. The van der Waals surface area contributed by atoms with Crippen molar-refractivity contribution in [3.05, 3.63) is 91.7 Å². The van der Waals surface area contributed by atoms with E-state index in [-0.39, 0.29) is 17.8 Å². The van der Waals surface area contributed by atoms with Gasteiger partial charge in [0.15, 0.2) is 5.78 Å². The average molecular weight is 515 g/mol. The zero-order valence-corrected chi connectivity index (χ0v) is 20.6. The molecule has 0 amide bonds. The van der Waals surface area contributed by atoms with Gasteiger partial charge in [0.25, 0.3) is 0 Å². The number of esters is 1. The van der Waals surface area contributed by atoms with Crippen LogP contribution in [0.1, 0.15) is 56.6 Å². The number of rotatable bonds is 4. The Balaban J connectivity index is 1.78. The lowest BCUT2D eigenvalue weighted by molar-refractivity contribution is -0.143. The highest BCUT2D eigenvalue weighted by Gasteiger charge is 2.41. The second-order valence-corrected chi connectivity index (χ2v) is 9.93. The summed E-state index contributed by atoms with van der Waals surface area (Å²) in [5, 5.41) is 4.05. The predicted molar refractivity (Wildman–Crippen MR) is 129 cm³/mol. The number of ketones is 1. The molecule has 0 saturated carbocycles. The van der Waals surface area contributed by atoms with Crippen molar-refractivity contribution in [2.24, 2.45) is 0 Å². The molecule has 0 unspecified atom stereocenters. The van der Waals surface area contributed by atoms with E-state index in [1.165, 1.54) is 0 Å². The molecule has 0 fully saturated rings. The van der Waals surface area contributed by atoms with Crippen molar-refractivity contribution in [1.29, 1.82) is 0 Å². The first-order valence-corrected chi connectivity index (χ1v) is 11.9. The minimum Gasteiger partial charge on any atom is -0.460 e. The third-order valence-corrected chi connectivity index (χ3v) is 6.72. The van der Waals surface area contributed by atoms with Gasteiger partial charge in [0.1, 0.15) is 0 Å². The molecule has 4 nitrogen and oxygen atoms in total. The number of benzene rings is 2. The van der Waals surface area contributed by atoms with Gasteiger partial charge >= 0.3 is 5.97 Å². The first-order valence-electron chi connectivity index (χ1n) is 10.7. The van der Waals surface area contributed by atoms with Crippen LogP contribution in [-0.4, -0.2) is 17.9 Å². The number of nitrogens with one attached hydrogen (secondary N) is 1.